The van der Waals surface area contributed by atoms with E-state index in [1.165, 1.54) is 0 Å². The molecule has 0 aliphatic heterocycles. The van der Waals surface area contributed by atoms with E-state index in [0.717, 1.165) is 5.69 Å². The molecule has 0 aliphatic rings. The Bertz CT molecular complexity index is 728. The summed E-state index contributed by atoms with van der Waals surface area (Å²) >= 11 is 5.96. The number of aryl methyl sites for hydroxylation is 1. The molecule has 0 saturated carbocycles. The predicted octanol–water partition coefficient (Wildman–Crippen LogP) is 2.22. The molecule has 120 valence electrons. The van der Waals surface area contributed by atoms with Crippen LogP contribution in [-0.2, 0) is 22.8 Å². The Hall–Kier alpha value is -1.34. The minimum Gasteiger partial charge on any atom is -0.387 e. The fraction of sp³-hybridized carbons (Fsp3) is 0.333. The first-order valence-electron chi connectivity index (χ1n) is 6.89. The van der Waals surface area contributed by atoms with E-state index in [1.54, 1.807) is 24.3 Å². The average Bonchev–Trinajstić information content (AvgIpc) is 2.87. The van der Waals surface area contributed by atoms with Crippen LogP contribution in [0.15, 0.2) is 42.6 Å². The molecule has 0 bridgehead atoms. The average molecular weight is 343 g/mol. The van der Waals surface area contributed by atoms with Crippen molar-refractivity contribution < 1.29 is 13.5 Å². The Labute approximate surface area is 135 Å². The fourth-order valence-corrected chi connectivity index (χ4v) is 3.66. The molecular formula is C15H19ClN2O3S. The highest BCUT2D eigenvalue weighted by atomic mass is 35.5. The molecule has 0 fully saturated rings. The van der Waals surface area contributed by atoms with Gasteiger partial charge in [0.2, 0.25) is 10.0 Å². The van der Waals surface area contributed by atoms with Gasteiger partial charge in [-0.1, -0.05) is 29.8 Å². The van der Waals surface area contributed by atoms with Gasteiger partial charge in [0, 0.05) is 30.5 Å². The van der Waals surface area contributed by atoms with Crippen LogP contribution in [0, 0.1) is 0 Å². The lowest BCUT2D eigenvalue weighted by Gasteiger charge is -2.13. The van der Waals surface area contributed by atoms with Gasteiger partial charge in [0.1, 0.15) is 0 Å². The van der Waals surface area contributed by atoms with Crippen LogP contribution in [0.3, 0.4) is 0 Å². The summed E-state index contributed by atoms with van der Waals surface area (Å²) in [6.07, 6.45) is 1.43. The number of halogens is 1. The number of hydrogen-bond donors (Lipinski definition) is 2. The van der Waals surface area contributed by atoms with Crippen LogP contribution in [0.1, 0.15) is 23.8 Å². The van der Waals surface area contributed by atoms with Gasteiger partial charge >= 0.3 is 0 Å². The molecule has 1 aromatic carbocycles. The second kappa shape index (κ2) is 7.28. The molecule has 0 amide bonds. The Balaban J connectivity index is 1.88. The Morgan fingerprint density at radius 1 is 1.27 bits per heavy atom. The van der Waals surface area contributed by atoms with Gasteiger partial charge in [0.05, 0.1) is 11.9 Å². The smallest absolute Gasteiger partial charge is 0.215 e. The number of sulfonamides is 1. The maximum atomic E-state index is 12.0. The lowest BCUT2D eigenvalue weighted by atomic mass is 10.2. The molecule has 0 radical (unpaired) electrons. The molecule has 0 aliphatic carbocycles. The molecule has 7 heteroatoms. The van der Waals surface area contributed by atoms with Crippen molar-refractivity contribution in [2.75, 3.05) is 6.54 Å². The molecule has 5 nitrogen and oxygen atoms in total. The molecule has 2 aromatic rings. The third-order valence-corrected chi connectivity index (χ3v) is 5.07. The van der Waals surface area contributed by atoms with E-state index < -0.39 is 16.1 Å². The fourth-order valence-electron chi connectivity index (χ4n) is 2.19. The molecule has 1 aromatic heterocycles. The Morgan fingerprint density at radius 2 is 2.00 bits per heavy atom. The van der Waals surface area contributed by atoms with Crippen molar-refractivity contribution in [2.45, 2.75) is 18.3 Å². The highest BCUT2D eigenvalue weighted by molar-refractivity contribution is 7.88. The maximum Gasteiger partial charge on any atom is 0.215 e. The summed E-state index contributed by atoms with van der Waals surface area (Å²) in [4.78, 5) is 0. The van der Waals surface area contributed by atoms with Crippen LogP contribution in [-0.4, -0.2) is 24.6 Å². The van der Waals surface area contributed by atoms with Gasteiger partial charge in [-0.2, -0.15) is 0 Å². The Morgan fingerprint density at radius 3 is 2.64 bits per heavy atom. The van der Waals surface area contributed by atoms with E-state index in [2.05, 4.69) is 4.72 Å². The lowest BCUT2D eigenvalue weighted by Crippen LogP contribution is -2.27. The molecule has 2 rings (SSSR count). The number of rotatable bonds is 7. The van der Waals surface area contributed by atoms with Crippen LogP contribution in [0.25, 0.3) is 0 Å². The SMILES string of the molecule is Cn1cccc1C(O)CCNS(=O)(=O)Cc1ccccc1Cl. The van der Waals surface area contributed by atoms with Crippen molar-refractivity contribution in [1.29, 1.82) is 0 Å². The summed E-state index contributed by atoms with van der Waals surface area (Å²) < 4.78 is 28.4. The lowest BCUT2D eigenvalue weighted by molar-refractivity contribution is 0.161. The van der Waals surface area contributed by atoms with Crippen molar-refractivity contribution in [3.05, 3.63) is 58.9 Å². The normalized spacial score (nSPS) is 13.2. The quantitative estimate of drug-likeness (QED) is 0.810. The highest BCUT2D eigenvalue weighted by Gasteiger charge is 2.15. The summed E-state index contributed by atoms with van der Waals surface area (Å²) in [6, 6.07) is 10.5. The van der Waals surface area contributed by atoms with Crippen molar-refractivity contribution in [3.63, 3.8) is 0 Å². The van der Waals surface area contributed by atoms with Crippen LogP contribution < -0.4 is 4.72 Å². The molecule has 0 spiro atoms. The van der Waals surface area contributed by atoms with Crippen LogP contribution >= 0.6 is 11.6 Å². The van der Waals surface area contributed by atoms with Gasteiger partial charge in [-0.3, -0.25) is 0 Å². The second-order valence-corrected chi connectivity index (χ2v) is 7.31. The summed E-state index contributed by atoms with van der Waals surface area (Å²) in [5.41, 5.74) is 1.31. The molecular weight excluding hydrogens is 324 g/mol. The molecule has 0 saturated heterocycles. The van der Waals surface area contributed by atoms with Gasteiger partial charge in [0.25, 0.3) is 0 Å². The van der Waals surface area contributed by atoms with Crippen molar-refractivity contribution in [2.24, 2.45) is 7.05 Å². The summed E-state index contributed by atoms with van der Waals surface area (Å²) in [7, 11) is -1.65. The molecule has 22 heavy (non-hydrogen) atoms. The number of aromatic nitrogens is 1. The first-order chi connectivity index (χ1) is 10.4. The number of aliphatic hydroxyl groups excluding tert-OH is 1. The summed E-state index contributed by atoms with van der Waals surface area (Å²) in [6.45, 7) is 0.166. The molecule has 2 N–H and O–H groups in total. The second-order valence-electron chi connectivity index (χ2n) is 5.09. The maximum absolute atomic E-state index is 12.0. The number of nitrogens with one attached hydrogen (secondary N) is 1. The third kappa shape index (κ3) is 4.58. The zero-order chi connectivity index (χ0) is 16.2. The third-order valence-electron chi connectivity index (χ3n) is 3.37. The first kappa shape index (κ1) is 17.0. The van der Waals surface area contributed by atoms with E-state index in [0.29, 0.717) is 17.0 Å². The number of aliphatic hydroxyl groups is 1. The largest absolute Gasteiger partial charge is 0.387 e. The van der Waals surface area contributed by atoms with Crippen LogP contribution in [0.4, 0.5) is 0 Å². The van der Waals surface area contributed by atoms with Gasteiger partial charge in [0.15, 0.2) is 0 Å². The van der Waals surface area contributed by atoms with Crippen molar-refractivity contribution >= 4 is 21.6 Å². The highest BCUT2D eigenvalue weighted by Crippen LogP contribution is 2.18. The first-order valence-corrected chi connectivity index (χ1v) is 8.92. The minimum atomic E-state index is -3.48. The zero-order valence-corrected chi connectivity index (χ0v) is 13.8. The monoisotopic (exact) mass is 342 g/mol. The van der Waals surface area contributed by atoms with Crippen LogP contribution in [0.5, 0.6) is 0 Å². The number of nitrogens with zero attached hydrogens (tertiary/aromatic N) is 1. The van der Waals surface area contributed by atoms with Crippen molar-refractivity contribution in [1.82, 2.24) is 9.29 Å². The van der Waals surface area contributed by atoms with Gasteiger partial charge in [-0.15, -0.1) is 0 Å². The van der Waals surface area contributed by atoms with E-state index in [4.69, 9.17) is 11.6 Å². The zero-order valence-electron chi connectivity index (χ0n) is 12.2. The van der Waals surface area contributed by atoms with E-state index in [-0.39, 0.29) is 12.3 Å². The van der Waals surface area contributed by atoms with Crippen LogP contribution in [0.2, 0.25) is 5.02 Å². The van der Waals surface area contributed by atoms with Gasteiger partial charge < -0.3 is 9.67 Å². The topological polar surface area (TPSA) is 71.3 Å². The summed E-state index contributed by atoms with van der Waals surface area (Å²) in [5, 5.41) is 10.5. The van der Waals surface area contributed by atoms with Gasteiger partial charge in [-0.05, 0) is 30.2 Å². The van der Waals surface area contributed by atoms with E-state index >= 15 is 0 Å². The standard InChI is InChI=1S/C15H19ClN2O3S/c1-18-10-4-7-14(18)15(19)8-9-17-22(20,21)11-12-5-2-3-6-13(12)16/h2-7,10,15,17,19H,8-9,11H2,1H3. The van der Waals surface area contributed by atoms with E-state index in [1.807, 2.05) is 29.9 Å². The van der Waals surface area contributed by atoms with Gasteiger partial charge in [-0.25, -0.2) is 13.1 Å². The van der Waals surface area contributed by atoms with E-state index in [9.17, 15) is 13.5 Å². The van der Waals surface area contributed by atoms with Crippen molar-refractivity contribution in [3.8, 4) is 0 Å². The minimum absolute atomic E-state index is 0.166. The Kier molecular flexibility index (Phi) is 5.63. The number of hydrogen-bond acceptors (Lipinski definition) is 3. The molecule has 1 heterocycles. The molecule has 1 atom stereocenters. The summed E-state index contributed by atoms with van der Waals surface area (Å²) in [5.74, 6) is -0.174. The predicted molar refractivity (Wildman–Crippen MR) is 87.1 cm³/mol. The molecule has 1 unspecified atom stereocenters. The number of benzene rings is 1.